The van der Waals surface area contributed by atoms with Gasteiger partial charge in [-0.2, -0.15) is 0 Å². The summed E-state index contributed by atoms with van der Waals surface area (Å²) in [5.74, 6) is 0. The molecule has 0 bridgehead atoms. The lowest BCUT2D eigenvalue weighted by atomic mass is 10.1. The number of benzene rings is 1. The molecule has 0 spiro atoms. The minimum absolute atomic E-state index is 0.503. The number of aromatic amines is 1. The second-order valence-corrected chi connectivity index (χ2v) is 5.43. The van der Waals surface area contributed by atoms with Gasteiger partial charge < -0.3 is 14.6 Å². The quantitative estimate of drug-likeness (QED) is 0.853. The van der Waals surface area contributed by atoms with Crippen molar-refractivity contribution < 1.29 is 4.74 Å². The molecule has 0 unspecified atom stereocenters. The Bertz CT molecular complexity index is 587. The lowest BCUT2D eigenvalue weighted by Crippen LogP contribution is -2.40. The molecule has 0 radical (unpaired) electrons. The smallest absolute Gasteiger partial charge is 0.109 e. The number of hydrogen-bond donors (Lipinski definition) is 1. The molecule has 0 aliphatic carbocycles. The second kappa shape index (κ2) is 5.31. The second-order valence-electron chi connectivity index (χ2n) is 5.04. The molecule has 1 aliphatic rings. The van der Waals surface area contributed by atoms with E-state index in [4.69, 9.17) is 17.0 Å². The first-order chi connectivity index (χ1) is 9.25. The summed E-state index contributed by atoms with van der Waals surface area (Å²) in [6.07, 6.45) is 4.08. The van der Waals surface area contributed by atoms with Crippen molar-refractivity contribution in [2.45, 2.75) is 18.9 Å². The van der Waals surface area contributed by atoms with Crippen molar-refractivity contribution in [3.8, 4) is 0 Å². The summed E-state index contributed by atoms with van der Waals surface area (Å²) in [6.45, 7) is 1.68. The van der Waals surface area contributed by atoms with E-state index in [0.29, 0.717) is 6.04 Å². The molecule has 100 valence electrons. The third-order valence-electron chi connectivity index (χ3n) is 3.86. The number of rotatable bonds is 2. The van der Waals surface area contributed by atoms with Crippen molar-refractivity contribution in [2.24, 2.45) is 0 Å². The van der Waals surface area contributed by atoms with E-state index < -0.39 is 0 Å². The molecule has 1 aromatic carbocycles. The summed E-state index contributed by atoms with van der Waals surface area (Å²) in [7, 11) is 2.10. The van der Waals surface area contributed by atoms with Crippen LogP contribution in [0.4, 0.5) is 0 Å². The summed E-state index contributed by atoms with van der Waals surface area (Å²) in [4.78, 5) is 6.36. The zero-order chi connectivity index (χ0) is 13.2. The first kappa shape index (κ1) is 12.6. The summed E-state index contributed by atoms with van der Waals surface area (Å²) in [5.41, 5.74) is 2.27. The van der Waals surface area contributed by atoms with Crippen molar-refractivity contribution in [2.75, 3.05) is 20.3 Å². The molecule has 2 aromatic rings. The number of H-pyrrole nitrogens is 1. The van der Waals surface area contributed by atoms with E-state index in [0.717, 1.165) is 42.1 Å². The van der Waals surface area contributed by atoms with Crippen LogP contribution in [0.2, 0.25) is 0 Å². The van der Waals surface area contributed by atoms with Gasteiger partial charge in [0.15, 0.2) is 0 Å². The number of aromatic nitrogens is 1. The molecule has 0 amide bonds. The fourth-order valence-electron chi connectivity index (χ4n) is 2.63. The zero-order valence-electron chi connectivity index (χ0n) is 11.1. The van der Waals surface area contributed by atoms with Gasteiger partial charge >= 0.3 is 0 Å². The van der Waals surface area contributed by atoms with E-state index in [-0.39, 0.29) is 0 Å². The molecule has 1 fully saturated rings. The summed E-state index contributed by atoms with van der Waals surface area (Å²) in [5, 5.41) is 1.21. The highest BCUT2D eigenvalue weighted by Gasteiger charge is 2.21. The predicted molar refractivity (Wildman–Crippen MR) is 81.6 cm³/mol. The van der Waals surface area contributed by atoms with Crippen LogP contribution in [0.15, 0.2) is 30.5 Å². The number of nitrogens with one attached hydrogen (secondary N) is 1. The van der Waals surface area contributed by atoms with Crippen LogP contribution in [0.3, 0.4) is 0 Å². The minimum Gasteiger partial charge on any atom is -0.381 e. The van der Waals surface area contributed by atoms with Crippen LogP contribution in [-0.2, 0) is 4.74 Å². The van der Waals surface area contributed by atoms with E-state index in [1.54, 1.807) is 0 Å². The third kappa shape index (κ3) is 2.51. The number of thiocarbonyl (C=S) groups is 1. The van der Waals surface area contributed by atoms with Crippen LogP contribution in [0.5, 0.6) is 0 Å². The third-order valence-corrected chi connectivity index (χ3v) is 4.38. The first-order valence-corrected chi connectivity index (χ1v) is 7.08. The van der Waals surface area contributed by atoms with Gasteiger partial charge in [0, 0.05) is 49.0 Å². The van der Waals surface area contributed by atoms with E-state index >= 15 is 0 Å². The molecule has 1 saturated heterocycles. The van der Waals surface area contributed by atoms with Crippen LogP contribution in [0.1, 0.15) is 18.4 Å². The van der Waals surface area contributed by atoms with Crippen LogP contribution in [-0.4, -0.2) is 41.2 Å². The molecule has 4 heteroatoms. The molecule has 3 rings (SSSR count). The van der Waals surface area contributed by atoms with Crippen molar-refractivity contribution >= 4 is 28.1 Å². The van der Waals surface area contributed by atoms with Crippen molar-refractivity contribution in [1.29, 1.82) is 0 Å². The van der Waals surface area contributed by atoms with E-state index in [1.165, 1.54) is 5.39 Å². The molecule has 19 heavy (non-hydrogen) atoms. The Morgan fingerprint density at radius 2 is 2.11 bits per heavy atom. The maximum atomic E-state index is 5.64. The maximum Gasteiger partial charge on any atom is 0.109 e. The Labute approximate surface area is 118 Å². The SMILES string of the molecule is CN(C(=S)c1ccc2[nH]ccc2c1)C1CCOCC1. The van der Waals surface area contributed by atoms with Gasteiger partial charge in [-0.3, -0.25) is 0 Å². The lowest BCUT2D eigenvalue weighted by Gasteiger charge is -2.33. The normalized spacial score (nSPS) is 16.7. The summed E-state index contributed by atoms with van der Waals surface area (Å²) < 4.78 is 5.41. The molecule has 1 N–H and O–H groups in total. The van der Waals surface area contributed by atoms with Crippen molar-refractivity contribution in [3.63, 3.8) is 0 Å². The van der Waals surface area contributed by atoms with Crippen LogP contribution >= 0.6 is 12.2 Å². The highest BCUT2D eigenvalue weighted by molar-refractivity contribution is 7.80. The standard InChI is InChI=1S/C15H18N2OS/c1-17(13-5-8-18-9-6-13)15(19)12-2-3-14-11(10-12)4-7-16-14/h2-4,7,10,13,16H,5-6,8-9H2,1H3. The van der Waals surface area contributed by atoms with Gasteiger partial charge in [0.05, 0.1) is 0 Å². The Morgan fingerprint density at radius 3 is 2.89 bits per heavy atom. The zero-order valence-corrected chi connectivity index (χ0v) is 11.9. The van der Waals surface area contributed by atoms with Crippen molar-refractivity contribution in [3.05, 3.63) is 36.0 Å². The highest BCUT2D eigenvalue weighted by Crippen LogP contribution is 2.19. The fraction of sp³-hybridized carbons (Fsp3) is 0.400. The summed E-state index contributed by atoms with van der Waals surface area (Å²) in [6, 6.07) is 8.93. The van der Waals surface area contributed by atoms with Crippen LogP contribution < -0.4 is 0 Å². The largest absolute Gasteiger partial charge is 0.381 e. The molecular weight excluding hydrogens is 256 g/mol. The number of nitrogens with zero attached hydrogens (tertiary/aromatic N) is 1. The topological polar surface area (TPSA) is 28.3 Å². The minimum atomic E-state index is 0.503. The average molecular weight is 274 g/mol. The fourth-order valence-corrected chi connectivity index (χ4v) is 2.90. The number of ether oxygens (including phenoxy) is 1. The van der Waals surface area contributed by atoms with Gasteiger partial charge in [-0.25, -0.2) is 0 Å². The molecule has 2 heterocycles. The molecule has 0 saturated carbocycles. The maximum absolute atomic E-state index is 5.64. The Morgan fingerprint density at radius 1 is 1.32 bits per heavy atom. The molecule has 1 aliphatic heterocycles. The molecule has 0 atom stereocenters. The van der Waals surface area contributed by atoms with Crippen LogP contribution in [0.25, 0.3) is 10.9 Å². The van der Waals surface area contributed by atoms with Gasteiger partial charge in [-0.05, 0) is 37.1 Å². The molecular formula is C15H18N2OS. The summed E-state index contributed by atoms with van der Waals surface area (Å²) >= 11 is 5.64. The predicted octanol–water partition coefficient (Wildman–Crippen LogP) is 2.95. The number of hydrogen-bond acceptors (Lipinski definition) is 2. The van der Waals surface area contributed by atoms with Crippen LogP contribution in [0, 0.1) is 0 Å². The van der Waals surface area contributed by atoms with Gasteiger partial charge in [-0.15, -0.1) is 0 Å². The van der Waals surface area contributed by atoms with Gasteiger partial charge in [0.2, 0.25) is 0 Å². The Balaban J connectivity index is 1.81. The Kier molecular flexibility index (Phi) is 3.53. The molecule has 3 nitrogen and oxygen atoms in total. The van der Waals surface area contributed by atoms with Gasteiger partial charge in [0.25, 0.3) is 0 Å². The van der Waals surface area contributed by atoms with Gasteiger partial charge in [0.1, 0.15) is 4.99 Å². The average Bonchev–Trinajstić information content (AvgIpc) is 2.94. The lowest BCUT2D eigenvalue weighted by molar-refractivity contribution is 0.0611. The van der Waals surface area contributed by atoms with E-state index in [1.807, 2.05) is 6.20 Å². The number of fused-ring (bicyclic) bond motifs is 1. The molecule has 1 aromatic heterocycles. The first-order valence-electron chi connectivity index (χ1n) is 6.68. The Hall–Kier alpha value is -1.39. The highest BCUT2D eigenvalue weighted by atomic mass is 32.1. The van der Waals surface area contributed by atoms with Crippen molar-refractivity contribution in [1.82, 2.24) is 9.88 Å². The van der Waals surface area contributed by atoms with E-state index in [2.05, 4.69) is 41.2 Å². The van der Waals surface area contributed by atoms with E-state index in [9.17, 15) is 0 Å². The monoisotopic (exact) mass is 274 g/mol. The van der Waals surface area contributed by atoms with Gasteiger partial charge in [-0.1, -0.05) is 12.2 Å².